The molecule has 84 valence electrons. The molecule has 0 aliphatic heterocycles. The van der Waals surface area contributed by atoms with E-state index in [1.807, 2.05) is 55.8 Å². The first-order valence-electron chi connectivity index (χ1n) is 5.44. The number of hydrogen-bond donors (Lipinski definition) is 1. The van der Waals surface area contributed by atoms with Gasteiger partial charge in [0.1, 0.15) is 0 Å². The van der Waals surface area contributed by atoms with Crippen molar-refractivity contribution >= 4 is 0 Å². The monoisotopic (exact) mass is 216 g/mol. The molecule has 2 aromatic rings. The second kappa shape index (κ2) is 4.00. The smallest absolute Gasteiger partial charge is 0.238 e. The van der Waals surface area contributed by atoms with E-state index >= 15 is 0 Å². The highest BCUT2D eigenvalue weighted by atomic mass is 16.3. The predicted octanol–water partition coefficient (Wildman–Crippen LogP) is 3.15. The first-order valence-corrected chi connectivity index (χ1v) is 5.44. The SMILES string of the molecule is Cc1c(-c2ccccc2)c(O)nn1C(C)C. The van der Waals surface area contributed by atoms with Crippen molar-refractivity contribution in [3.63, 3.8) is 0 Å². The summed E-state index contributed by atoms with van der Waals surface area (Å²) in [7, 11) is 0. The van der Waals surface area contributed by atoms with Crippen molar-refractivity contribution in [1.82, 2.24) is 9.78 Å². The number of rotatable bonds is 2. The van der Waals surface area contributed by atoms with Crippen molar-refractivity contribution in [2.45, 2.75) is 26.8 Å². The third-order valence-electron chi connectivity index (χ3n) is 2.68. The minimum Gasteiger partial charge on any atom is -0.492 e. The summed E-state index contributed by atoms with van der Waals surface area (Å²) in [6.07, 6.45) is 0. The van der Waals surface area contributed by atoms with Crippen molar-refractivity contribution in [1.29, 1.82) is 0 Å². The first kappa shape index (κ1) is 10.7. The lowest BCUT2D eigenvalue weighted by atomic mass is 10.1. The molecule has 3 nitrogen and oxygen atoms in total. The Bertz CT molecular complexity index is 486. The summed E-state index contributed by atoms with van der Waals surface area (Å²) in [6, 6.07) is 10.1. The average molecular weight is 216 g/mol. The summed E-state index contributed by atoms with van der Waals surface area (Å²) < 4.78 is 1.84. The van der Waals surface area contributed by atoms with Gasteiger partial charge in [-0.25, -0.2) is 0 Å². The molecule has 0 saturated heterocycles. The van der Waals surface area contributed by atoms with Crippen LogP contribution in [-0.2, 0) is 0 Å². The molecular weight excluding hydrogens is 200 g/mol. The van der Waals surface area contributed by atoms with Gasteiger partial charge < -0.3 is 5.11 Å². The van der Waals surface area contributed by atoms with E-state index in [1.54, 1.807) is 0 Å². The van der Waals surface area contributed by atoms with Crippen LogP contribution in [0.15, 0.2) is 30.3 Å². The number of benzene rings is 1. The standard InChI is InChI=1S/C13H16N2O/c1-9(2)15-10(3)12(13(16)14-15)11-7-5-4-6-8-11/h4-9H,1-3H3,(H,14,16). The fourth-order valence-electron chi connectivity index (χ4n) is 1.95. The van der Waals surface area contributed by atoms with Gasteiger partial charge in [-0.15, -0.1) is 5.10 Å². The van der Waals surface area contributed by atoms with Crippen LogP contribution in [0.5, 0.6) is 5.88 Å². The molecular formula is C13H16N2O. The van der Waals surface area contributed by atoms with Crippen LogP contribution in [0.2, 0.25) is 0 Å². The van der Waals surface area contributed by atoms with Crippen molar-refractivity contribution in [2.24, 2.45) is 0 Å². The van der Waals surface area contributed by atoms with E-state index in [2.05, 4.69) is 5.10 Å². The van der Waals surface area contributed by atoms with Crippen molar-refractivity contribution < 1.29 is 5.11 Å². The highest BCUT2D eigenvalue weighted by Crippen LogP contribution is 2.32. The Morgan fingerprint density at radius 2 is 1.81 bits per heavy atom. The van der Waals surface area contributed by atoms with Crippen LogP contribution in [0.3, 0.4) is 0 Å². The maximum Gasteiger partial charge on any atom is 0.238 e. The van der Waals surface area contributed by atoms with Gasteiger partial charge in [0, 0.05) is 11.7 Å². The van der Waals surface area contributed by atoms with Crippen LogP contribution < -0.4 is 0 Å². The molecule has 0 amide bonds. The summed E-state index contributed by atoms with van der Waals surface area (Å²) in [5, 5.41) is 14.0. The molecule has 0 radical (unpaired) electrons. The van der Waals surface area contributed by atoms with Crippen LogP contribution in [0.1, 0.15) is 25.6 Å². The molecule has 0 aliphatic rings. The Balaban J connectivity index is 2.58. The number of nitrogens with zero attached hydrogens (tertiary/aromatic N) is 2. The van der Waals surface area contributed by atoms with Crippen LogP contribution in [0.4, 0.5) is 0 Å². The summed E-state index contributed by atoms with van der Waals surface area (Å²) in [5.74, 6) is 0.109. The first-order chi connectivity index (χ1) is 7.61. The molecule has 0 aliphatic carbocycles. The molecule has 0 unspecified atom stereocenters. The van der Waals surface area contributed by atoms with Gasteiger partial charge in [0.05, 0.1) is 5.56 Å². The van der Waals surface area contributed by atoms with E-state index in [1.165, 1.54) is 0 Å². The predicted molar refractivity (Wildman–Crippen MR) is 64.4 cm³/mol. The Morgan fingerprint density at radius 1 is 1.19 bits per heavy atom. The fourth-order valence-corrected chi connectivity index (χ4v) is 1.95. The lowest BCUT2D eigenvalue weighted by Gasteiger charge is -2.08. The number of aromatic hydroxyl groups is 1. The lowest BCUT2D eigenvalue weighted by Crippen LogP contribution is -2.04. The molecule has 1 heterocycles. The van der Waals surface area contributed by atoms with E-state index in [0.717, 1.165) is 16.8 Å². The Morgan fingerprint density at radius 3 is 2.31 bits per heavy atom. The molecule has 0 atom stereocenters. The Hall–Kier alpha value is -1.77. The van der Waals surface area contributed by atoms with E-state index in [-0.39, 0.29) is 11.9 Å². The average Bonchev–Trinajstić information content (AvgIpc) is 2.56. The third-order valence-corrected chi connectivity index (χ3v) is 2.68. The van der Waals surface area contributed by atoms with Crippen LogP contribution in [0.25, 0.3) is 11.1 Å². The molecule has 1 aromatic carbocycles. The molecule has 1 N–H and O–H groups in total. The molecule has 2 rings (SSSR count). The summed E-state index contributed by atoms with van der Waals surface area (Å²) >= 11 is 0. The lowest BCUT2D eigenvalue weighted by molar-refractivity contribution is 0.425. The quantitative estimate of drug-likeness (QED) is 0.837. The van der Waals surface area contributed by atoms with Crippen LogP contribution in [-0.4, -0.2) is 14.9 Å². The highest BCUT2D eigenvalue weighted by molar-refractivity contribution is 5.70. The zero-order valence-electron chi connectivity index (χ0n) is 9.81. The summed E-state index contributed by atoms with van der Waals surface area (Å²) in [5.41, 5.74) is 2.83. The second-order valence-corrected chi connectivity index (χ2v) is 4.19. The van der Waals surface area contributed by atoms with Crippen LogP contribution in [0, 0.1) is 6.92 Å². The Kier molecular flexibility index (Phi) is 2.69. The van der Waals surface area contributed by atoms with E-state index in [9.17, 15) is 5.11 Å². The molecule has 1 aromatic heterocycles. The van der Waals surface area contributed by atoms with Crippen molar-refractivity contribution in [3.8, 4) is 17.0 Å². The zero-order chi connectivity index (χ0) is 11.7. The zero-order valence-corrected chi connectivity index (χ0v) is 9.81. The summed E-state index contributed by atoms with van der Waals surface area (Å²) in [6.45, 7) is 6.08. The van der Waals surface area contributed by atoms with E-state index in [4.69, 9.17) is 0 Å². The molecule has 3 heteroatoms. The van der Waals surface area contributed by atoms with Gasteiger partial charge in [0.15, 0.2) is 0 Å². The minimum atomic E-state index is 0.109. The summed E-state index contributed by atoms with van der Waals surface area (Å²) in [4.78, 5) is 0. The van der Waals surface area contributed by atoms with Gasteiger partial charge in [-0.1, -0.05) is 30.3 Å². The highest BCUT2D eigenvalue weighted by Gasteiger charge is 2.16. The largest absolute Gasteiger partial charge is 0.492 e. The van der Waals surface area contributed by atoms with Crippen molar-refractivity contribution in [3.05, 3.63) is 36.0 Å². The second-order valence-electron chi connectivity index (χ2n) is 4.19. The van der Waals surface area contributed by atoms with Gasteiger partial charge in [-0.05, 0) is 26.3 Å². The van der Waals surface area contributed by atoms with Gasteiger partial charge in [0.2, 0.25) is 5.88 Å². The van der Waals surface area contributed by atoms with E-state index < -0.39 is 0 Å². The fraction of sp³-hybridized carbons (Fsp3) is 0.308. The number of hydrogen-bond acceptors (Lipinski definition) is 2. The van der Waals surface area contributed by atoms with E-state index in [0.29, 0.717) is 0 Å². The maximum atomic E-state index is 9.88. The minimum absolute atomic E-state index is 0.109. The third kappa shape index (κ3) is 1.69. The normalized spacial score (nSPS) is 11.0. The van der Waals surface area contributed by atoms with Gasteiger partial charge in [0.25, 0.3) is 0 Å². The molecule has 0 spiro atoms. The van der Waals surface area contributed by atoms with Crippen LogP contribution >= 0.6 is 0 Å². The molecule has 16 heavy (non-hydrogen) atoms. The maximum absolute atomic E-state index is 9.88. The van der Waals surface area contributed by atoms with Gasteiger partial charge in [-0.2, -0.15) is 0 Å². The van der Waals surface area contributed by atoms with Gasteiger partial charge >= 0.3 is 0 Å². The van der Waals surface area contributed by atoms with Gasteiger partial charge in [-0.3, -0.25) is 4.68 Å². The number of aromatic nitrogens is 2. The van der Waals surface area contributed by atoms with Crippen molar-refractivity contribution in [2.75, 3.05) is 0 Å². The topological polar surface area (TPSA) is 38.1 Å². The molecule has 0 bridgehead atoms. The molecule has 0 fully saturated rings. The molecule has 0 saturated carbocycles. The Labute approximate surface area is 95.3 Å².